The normalized spacial score (nSPS) is 35.5. The van der Waals surface area contributed by atoms with Gasteiger partial charge in [0.2, 0.25) is 0 Å². The van der Waals surface area contributed by atoms with E-state index in [1.54, 1.807) is 25.1 Å². The van der Waals surface area contributed by atoms with Gasteiger partial charge in [0.15, 0.2) is 0 Å². The SMILES string of the molecule is CCOC(=O)C1CC2(C)CC(OCc3ccccc3F)C1(C)O2. The Labute approximate surface area is 135 Å². The first-order valence-electron chi connectivity index (χ1n) is 8.10. The van der Waals surface area contributed by atoms with Gasteiger partial charge in [-0.2, -0.15) is 0 Å². The van der Waals surface area contributed by atoms with Crippen molar-refractivity contribution in [1.29, 1.82) is 0 Å². The van der Waals surface area contributed by atoms with Crippen LogP contribution in [0.4, 0.5) is 4.39 Å². The second kappa shape index (κ2) is 5.87. The zero-order valence-electron chi connectivity index (χ0n) is 13.8. The van der Waals surface area contributed by atoms with Gasteiger partial charge in [0.1, 0.15) is 11.4 Å². The Morgan fingerprint density at radius 3 is 2.74 bits per heavy atom. The molecule has 3 rings (SSSR count). The highest BCUT2D eigenvalue weighted by molar-refractivity contribution is 5.75. The Morgan fingerprint density at radius 2 is 2.09 bits per heavy atom. The predicted octanol–water partition coefficient (Wildman–Crippen LogP) is 3.23. The summed E-state index contributed by atoms with van der Waals surface area (Å²) in [5.74, 6) is -0.861. The van der Waals surface area contributed by atoms with E-state index in [-0.39, 0.29) is 36.0 Å². The number of hydrogen-bond acceptors (Lipinski definition) is 4. The van der Waals surface area contributed by atoms with Crippen molar-refractivity contribution >= 4 is 5.97 Å². The summed E-state index contributed by atoms with van der Waals surface area (Å²) in [6.07, 6.45) is 1.09. The standard InChI is InChI=1S/C18H23FO4/c1-4-21-16(20)13-9-17(2)10-15(18(13,3)23-17)22-11-12-7-5-6-8-14(12)19/h5-8,13,15H,4,9-11H2,1-3H3. The maximum atomic E-state index is 13.7. The van der Waals surface area contributed by atoms with E-state index in [4.69, 9.17) is 14.2 Å². The van der Waals surface area contributed by atoms with Crippen LogP contribution < -0.4 is 0 Å². The van der Waals surface area contributed by atoms with Crippen molar-refractivity contribution in [2.24, 2.45) is 5.92 Å². The summed E-state index contributed by atoms with van der Waals surface area (Å²) < 4.78 is 31.0. The zero-order valence-corrected chi connectivity index (χ0v) is 13.8. The highest BCUT2D eigenvalue weighted by Crippen LogP contribution is 2.55. The van der Waals surface area contributed by atoms with Crippen molar-refractivity contribution in [2.75, 3.05) is 6.61 Å². The number of fused-ring (bicyclic) bond motifs is 2. The molecule has 1 aromatic rings. The van der Waals surface area contributed by atoms with Crippen LogP contribution in [0.5, 0.6) is 0 Å². The number of rotatable bonds is 5. The lowest BCUT2D eigenvalue weighted by atomic mass is 9.73. The molecule has 0 aromatic heterocycles. The lowest BCUT2D eigenvalue weighted by Crippen LogP contribution is -2.48. The summed E-state index contributed by atoms with van der Waals surface area (Å²) in [6.45, 7) is 6.21. The van der Waals surface area contributed by atoms with Gasteiger partial charge in [-0.25, -0.2) is 4.39 Å². The van der Waals surface area contributed by atoms with Crippen molar-refractivity contribution in [1.82, 2.24) is 0 Å². The number of carbonyl (C=O) groups excluding carboxylic acids is 1. The molecule has 2 aliphatic heterocycles. The Morgan fingerprint density at radius 1 is 1.35 bits per heavy atom. The Kier molecular flexibility index (Phi) is 4.19. The van der Waals surface area contributed by atoms with E-state index < -0.39 is 5.60 Å². The Hall–Kier alpha value is -1.46. The van der Waals surface area contributed by atoms with E-state index in [1.165, 1.54) is 6.07 Å². The first-order chi connectivity index (χ1) is 10.9. The maximum absolute atomic E-state index is 13.7. The number of esters is 1. The molecule has 0 spiro atoms. The lowest BCUT2D eigenvalue weighted by molar-refractivity contribution is -0.161. The third-order valence-corrected chi connectivity index (χ3v) is 5.02. The molecule has 0 N–H and O–H groups in total. The largest absolute Gasteiger partial charge is 0.466 e. The molecule has 2 bridgehead atoms. The van der Waals surface area contributed by atoms with Gasteiger partial charge in [0, 0.05) is 12.0 Å². The molecule has 0 radical (unpaired) electrons. The third kappa shape index (κ3) is 2.88. The molecule has 2 aliphatic rings. The fourth-order valence-electron chi connectivity index (χ4n) is 3.88. The monoisotopic (exact) mass is 322 g/mol. The van der Waals surface area contributed by atoms with E-state index in [0.717, 1.165) is 0 Å². The second-order valence-corrected chi connectivity index (χ2v) is 6.84. The van der Waals surface area contributed by atoms with Gasteiger partial charge < -0.3 is 14.2 Å². The number of carbonyl (C=O) groups is 1. The van der Waals surface area contributed by atoms with Crippen LogP contribution in [0.1, 0.15) is 39.2 Å². The molecule has 5 heteroatoms. The number of benzene rings is 1. The molecule has 2 heterocycles. The molecule has 4 nitrogen and oxygen atoms in total. The van der Waals surface area contributed by atoms with Crippen molar-refractivity contribution in [2.45, 2.75) is 57.5 Å². The van der Waals surface area contributed by atoms with E-state index >= 15 is 0 Å². The van der Waals surface area contributed by atoms with Gasteiger partial charge in [0.25, 0.3) is 0 Å². The molecule has 0 aliphatic carbocycles. The van der Waals surface area contributed by atoms with E-state index in [2.05, 4.69) is 0 Å². The average Bonchev–Trinajstić information content (AvgIpc) is 2.92. The fourth-order valence-corrected chi connectivity index (χ4v) is 3.88. The highest BCUT2D eigenvalue weighted by atomic mass is 19.1. The summed E-state index contributed by atoms with van der Waals surface area (Å²) >= 11 is 0. The van der Waals surface area contributed by atoms with Crippen molar-refractivity contribution in [3.63, 3.8) is 0 Å². The molecule has 0 saturated carbocycles. The minimum atomic E-state index is -0.716. The van der Waals surface area contributed by atoms with Gasteiger partial charge >= 0.3 is 5.97 Å². The topological polar surface area (TPSA) is 44.8 Å². The summed E-state index contributed by atoms with van der Waals surface area (Å²) in [4.78, 5) is 12.2. The molecule has 4 unspecified atom stereocenters. The fraction of sp³-hybridized carbons (Fsp3) is 0.611. The molecular formula is C18H23FO4. The van der Waals surface area contributed by atoms with Crippen molar-refractivity contribution < 1.29 is 23.4 Å². The van der Waals surface area contributed by atoms with Crippen LogP contribution in [0.15, 0.2) is 24.3 Å². The minimum absolute atomic E-state index is 0.169. The quantitative estimate of drug-likeness (QED) is 0.781. The molecule has 2 saturated heterocycles. The molecule has 23 heavy (non-hydrogen) atoms. The summed E-state index contributed by atoms with van der Waals surface area (Å²) in [7, 11) is 0. The lowest BCUT2D eigenvalue weighted by Gasteiger charge is -2.34. The van der Waals surface area contributed by atoms with Crippen LogP contribution >= 0.6 is 0 Å². The Balaban J connectivity index is 1.73. The van der Waals surface area contributed by atoms with Gasteiger partial charge in [-0.3, -0.25) is 4.79 Å². The van der Waals surface area contributed by atoms with Gasteiger partial charge in [-0.05, 0) is 33.3 Å². The average molecular weight is 322 g/mol. The number of hydrogen-bond donors (Lipinski definition) is 0. The van der Waals surface area contributed by atoms with Crippen LogP contribution in [0.25, 0.3) is 0 Å². The molecule has 1 aromatic carbocycles. The van der Waals surface area contributed by atoms with Crippen molar-refractivity contribution in [3.05, 3.63) is 35.6 Å². The molecule has 0 amide bonds. The van der Waals surface area contributed by atoms with E-state index in [9.17, 15) is 9.18 Å². The first kappa shape index (κ1) is 16.4. The first-order valence-corrected chi connectivity index (χ1v) is 8.10. The van der Waals surface area contributed by atoms with Crippen LogP contribution in [0.3, 0.4) is 0 Å². The van der Waals surface area contributed by atoms with Gasteiger partial charge in [-0.1, -0.05) is 18.2 Å². The van der Waals surface area contributed by atoms with E-state index in [1.807, 2.05) is 13.8 Å². The molecule has 2 fully saturated rings. The highest BCUT2D eigenvalue weighted by Gasteiger charge is 2.65. The van der Waals surface area contributed by atoms with Gasteiger partial charge in [0.05, 0.1) is 30.8 Å². The molecule has 126 valence electrons. The minimum Gasteiger partial charge on any atom is -0.466 e. The predicted molar refractivity (Wildman–Crippen MR) is 82.2 cm³/mol. The van der Waals surface area contributed by atoms with Crippen LogP contribution in [-0.2, 0) is 25.6 Å². The second-order valence-electron chi connectivity index (χ2n) is 6.84. The van der Waals surface area contributed by atoms with Crippen LogP contribution in [0.2, 0.25) is 0 Å². The van der Waals surface area contributed by atoms with Gasteiger partial charge in [-0.15, -0.1) is 0 Å². The number of halogens is 1. The molecule has 4 atom stereocenters. The third-order valence-electron chi connectivity index (χ3n) is 5.02. The number of ether oxygens (including phenoxy) is 3. The summed E-state index contributed by atoms with van der Waals surface area (Å²) in [5, 5.41) is 0. The maximum Gasteiger partial charge on any atom is 0.312 e. The Bertz CT molecular complexity index is 604. The van der Waals surface area contributed by atoms with E-state index in [0.29, 0.717) is 25.0 Å². The van der Waals surface area contributed by atoms with Crippen LogP contribution in [-0.4, -0.2) is 29.9 Å². The summed E-state index contributed by atoms with van der Waals surface area (Å²) in [6, 6.07) is 6.55. The smallest absolute Gasteiger partial charge is 0.312 e. The molecular weight excluding hydrogens is 299 g/mol. The van der Waals surface area contributed by atoms with Crippen LogP contribution in [0, 0.1) is 11.7 Å². The zero-order chi connectivity index (χ0) is 16.7. The van der Waals surface area contributed by atoms with Crippen molar-refractivity contribution in [3.8, 4) is 0 Å². The summed E-state index contributed by atoms with van der Waals surface area (Å²) in [5.41, 5.74) is -0.588.